The second-order valence-corrected chi connectivity index (χ2v) is 6.06. The topological polar surface area (TPSA) is 52.0 Å². The SMILES string of the molecule is CC1=C(C)C(=O)C(CCn2c(C)nc3ccccc32)=C(C)C1=O. The van der Waals surface area contributed by atoms with Crippen molar-refractivity contribution in [3.05, 3.63) is 52.4 Å². The summed E-state index contributed by atoms with van der Waals surface area (Å²) >= 11 is 0. The highest BCUT2D eigenvalue weighted by atomic mass is 16.1. The van der Waals surface area contributed by atoms with Crippen molar-refractivity contribution >= 4 is 22.6 Å². The van der Waals surface area contributed by atoms with Gasteiger partial charge in [-0.15, -0.1) is 0 Å². The molecule has 1 aromatic carbocycles. The summed E-state index contributed by atoms with van der Waals surface area (Å²) in [6.07, 6.45) is 0.544. The molecule has 0 bridgehead atoms. The molecule has 0 unspecified atom stereocenters. The van der Waals surface area contributed by atoms with Gasteiger partial charge in [-0.1, -0.05) is 12.1 Å². The number of carbonyl (C=O) groups is 2. The Morgan fingerprint density at radius 2 is 1.57 bits per heavy atom. The Bertz CT molecular complexity index is 897. The van der Waals surface area contributed by atoms with Gasteiger partial charge in [0, 0.05) is 28.8 Å². The summed E-state index contributed by atoms with van der Waals surface area (Å²) in [7, 11) is 0. The molecule has 0 fully saturated rings. The van der Waals surface area contributed by atoms with Crippen molar-refractivity contribution in [2.45, 2.75) is 40.7 Å². The van der Waals surface area contributed by atoms with E-state index in [0.717, 1.165) is 16.9 Å². The van der Waals surface area contributed by atoms with Gasteiger partial charge in [-0.2, -0.15) is 0 Å². The highest BCUT2D eigenvalue weighted by molar-refractivity contribution is 6.24. The molecule has 1 aliphatic carbocycles. The van der Waals surface area contributed by atoms with Crippen LogP contribution in [0.3, 0.4) is 0 Å². The number of benzene rings is 1. The minimum Gasteiger partial charge on any atom is -0.328 e. The molecule has 3 rings (SSSR count). The Hall–Kier alpha value is -2.49. The monoisotopic (exact) mass is 308 g/mol. The molecule has 0 atom stereocenters. The molecule has 0 aliphatic heterocycles. The minimum atomic E-state index is -0.00990. The second-order valence-electron chi connectivity index (χ2n) is 6.06. The number of aryl methyl sites for hydroxylation is 2. The lowest BCUT2D eigenvalue weighted by Crippen LogP contribution is -2.21. The molecule has 4 nitrogen and oxygen atoms in total. The molecule has 2 aromatic rings. The fraction of sp³-hybridized carbons (Fsp3) is 0.316. The minimum absolute atomic E-state index is 0.00155. The van der Waals surface area contributed by atoms with Gasteiger partial charge >= 0.3 is 0 Å². The number of hydrogen-bond acceptors (Lipinski definition) is 3. The number of ketones is 2. The third-order valence-corrected chi connectivity index (χ3v) is 4.74. The van der Waals surface area contributed by atoms with Gasteiger partial charge in [0.2, 0.25) is 0 Å². The van der Waals surface area contributed by atoms with Gasteiger partial charge in [-0.25, -0.2) is 4.98 Å². The maximum absolute atomic E-state index is 12.5. The van der Waals surface area contributed by atoms with E-state index in [0.29, 0.717) is 35.3 Å². The second kappa shape index (κ2) is 5.61. The van der Waals surface area contributed by atoms with Gasteiger partial charge < -0.3 is 4.57 Å². The molecule has 0 N–H and O–H groups in total. The number of Topliss-reactive ketones (excluding diaryl/α,β-unsaturated/α-hetero) is 2. The van der Waals surface area contributed by atoms with Crippen LogP contribution in [0.5, 0.6) is 0 Å². The fourth-order valence-corrected chi connectivity index (χ4v) is 3.16. The summed E-state index contributed by atoms with van der Waals surface area (Å²) in [4.78, 5) is 29.3. The maximum atomic E-state index is 12.5. The molecule has 1 heterocycles. The third-order valence-electron chi connectivity index (χ3n) is 4.74. The van der Waals surface area contributed by atoms with E-state index < -0.39 is 0 Å². The molecule has 4 heteroatoms. The van der Waals surface area contributed by atoms with Crippen LogP contribution in [-0.2, 0) is 16.1 Å². The van der Waals surface area contributed by atoms with Crippen LogP contribution in [0, 0.1) is 6.92 Å². The zero-order chi connectivity index (χ0) is 16.7. The molecule has 0 spiro atoms. The van der Waals surface area contributed by atoms with Crippen molar-refractivity contribution in [2.24, 2.45) is 0 Å². The van der Waals surface area contributed by atoms with E-state index in [-0.39, 0.29) is 11.6 Å². The summed E-state index contributed by atoms with van der Waals surface area (Å²) in [5.41, 5.74) is 4.37. The van der Waals surface area contributed by atoms with Crippen LogP contribution in [0.1, 0.15) is 33.0 Å². The van der Waals surface area contributed by atoms with E-state index in [1.807, 2.05) is 31.2 Å². The number of aromatic nitrogens is 2. The molecule has 0 saturated heterocycles. The summed E-state index contributed by atoms with van der Waals surface area (Å²) in [5, 5.41) is 0. The van der Waals surface area contributed by atoms with Crippen molar-refractivity contribution in [3.8, 4) is 0 Å². The maximum Gasteiger partial charge on any atom is 0.185 e. The van der Waals surface area contributed by atoms with Crippen molar-refractivity contribution < 1.29 is 9.59 Å². The quantitative estimate of drug-likeness (QED) is 0.815. The smallest absolute Gasteiger partial charge is 0.185 e. The van der Waals surface area contributed by atoms with Crippen LogP contribution in [-0.4, -0.2) is 21.1 Å². The van der Waals surface area contributed by atoms with E-state index in [1.54, 1.807) is 20.8 Å². The molecular weight excluding hydrogens is 288 g/mol. The van der Waals surface area contributed by atoms with E-state index in [2.05, 4.69) is 9.55 Å². The number of nitrogens with zero attached hydrogens (tertiary/aromatic N) is 2. The Kier molecular flexibility index (Phi) is 3.76. The number of fused-ring (bicyclic) bond motifs is 1. The molecule has 23 heavy (non-hydrogen) atoms. The predicted octanol–water partition coefficient (Wildman–Crippen LogP) is 3.54. The molecule has 0 amide bonds. The molecule has 1 aromatic heterocycles. The lowest BCUT2D eigenvalue weighted by atomic mass is 9.84. The molecular formula is C19H20N2O2. The standard InChI is InChI=1S/C19H20N2O2/c1-11-12(2)19(23)15(13(3)18(11)22)9-10-21-14(4)20-16-7-5-6-8-17(16)21/h5-8H,9-10H2,1-4H3. The molecule has 1 aliphatic rings. The van der Waals surface area contributed by atoms with E-state index in [9.17, 15) is 9.59 Å². The van der Waals surface area contributed by atoms with Crippen molar-refractivity contribution in [2.75, 3.05) is 0 Å². The van der Waals surface area contributed by atoms with Crippen molar-refractivity contribution in [1.29, 1.82) is 0 Å². The summed E-state index contributed by atoms with van der Waals surface area (Å²) in [6.45, 7) is 7.82. The van der Waals surface area contributed by atoms with Crippen LogP contribution in [0.25, 0.3) is 11.0 Å². The van der Waals surface area contributed by atoms with Gasteiger partial charge in [-0.05, 0) is 46.2 Å². The van der Waals surface area contributed by atoms with Gasteiger partial charge in [0.05, 0.1) is 11.0 Å². The number of para-hydroxylation sites is 2. The Morgan fingerprint density at radius 1 is 0.913 bits per heavy atom. The van der Waals surface area contributed by atoms with Crippen LogP contribution in [0.4, 0.5) is 0 Å². The normalized spacial score (nSPS) is 16.0. The Labute approximate surface area is 135 Å². The lowest BCUT2D eigenvalue weighted by molar-refractivity contribution is -0.116. The summed E-state index contributed by atoms with van der Waals surface area (Å²) in [5.74, 6) is 0.911. The number of imidazole rings is 1. The van der Waals surface area contributed by atoms with Crippen LogP contribution < -0.4 is 0 Å². The van der Waals surface area contributed by atoms with Gasteiger partial charge in [0.15, 0.2) is 11.6 Å². The third kappa shape index (κ3) is 2.44. The highest BCUT2D eigenvalue weighted by Gasteiger charge is 2.27. The van der Waals surface area contributed by atoms with Crippen LogP contribution >= 0.6 is 0 Å². The van der Waals surface area contributed by atoms with Crippen LogP contribution in [0.2, 0.25) is 0 Å². The number of rotatable bonds is 3. The lowest BCUT2D eigenvalue weighted by Gasteiger charge is -2.19. The number of allylic oxidation sites excluding steroid dienone is 4. The Balaban J connectivity index is 1.92. The first-order valence-corrected chi connectivity index (χ1v) is 7.80. The van der Waals surface area contributed by atoms with Gasteiger partial charge in [0.1, 0.15) is 5.82 Å². The predicted molar refractivity (Wildman–Crippen MR) is 90.2 cm³/mol. The first-order chi connectivity index (χ1) is 10.9. The van der Waals surface area contributed by atoms with E-state index in [1.165, 1.54) is 0 Å². The highest BCUT2D eigenvalue weighted by Crippen LogP contribution is 2.27. The zero-order valence-electron chi connectivity index (χ0n) is 13.9. The number of hydrogen-bond donors (Lipinski definition) is 0. The van der Waals surface area contributed by atoms with E-state index in [4.69, 9.17) is 0 Å². The zero-order valence-corrected chi connectivity index (χ0v) is 13.9. The fourth-order valence-electron chi connectivity index (χ4n) is 3.16. The molecule has 118 valence electrons. The van der Waals surface area contributed by atoms with Crippen LogP contribution in [0.15, 0.2) is 46.6 Å². The van der Waals surface area contributed by atoms with E-state index >= 15 is 0 Å². The van der Waals surface area contributed by atoms with Crippen molar-refractivity contribution in [3.63, 3.8) is 0 Å². The Morgan fingerprint density at radius 3 is 2.30 bits per heavy atom. The van der Waals surface area contributed by atoms with Gasteiger partial charge in [0.25, 0.3) is 0 Å². The number of carbonyl (C=O) groups excluding carboxylic acids is 2. The largest absolute Gasteiger partial charge is 0.328 e. The summed E-state index contributed by atoms with van der Waals surface area (Å²) in [6, 6.07) is 7.96. The molecule has 0 saturated carbocycles. The van der Waals surface area contributed by atoms with Gasteiger partial charge in [-0.3, -0.25) is 9.59 Å². The average Bonchev–Trinajstić information content (AvgIpc) is 2.87. The molecule has 0 radical (unpaired) electrons. The first-order valence-electron chi connectivity index (χ1n) is 7.80. The van der Waals surface area contributed by atoms with Crippen molar-refractivity contribution in [1.82, 2.24) is 9.55 Å². The average molecular weight is 308 g/mol. The summed E-state index contributed by atoms with van der Waals surface area (Å²) < 4.78 is 2.11. The first kappa shape index (κ1) is 15.4.